The van der Waals surface area contributed by atoms with Crippen LogP contribution in [0.25, 0.3) is 0 Å². The van der Waals surface area contributed by atoms with Crippen LogP contribution in [0.15, 0.2) is 24.3 Å². The van der Waals surface area contributed by atoms with Gasteiger partial charge in [-0.1, -0.05) is 31.2 Å². The molecule has 0 fully saturated rings. The molecule has 0 atom stereocenters. The lowest BCUT2D eigenvalue weighted by Crippen LogP contribution is -2.25. The Morgan fingerprint density at radius 1 is 1.39 bits per heavy atom. The summed E-state index contributed by atoms with van der Waals surface area (Å²) in [7, 11) is 1.68. The maximum absolute atomic E-state index is 10.6. The average Bonchev–Trinajstić information content (AvgIpc) is 2.35. The van der Waals surface area contributed by atoms with Gasteiger partial charge in [0.2, 0.25) is 0 Å². The number of benzene rings is 1. The SMILES string of the molecule is CCN(CCC(=O)O)Cc1cccc(COC)c1. The average molecular weight is 251 g/mol. The monoisotopic (exact) mass is 251 g/mol. The summed E-state index contributed by atoms with van der Waals surface area (Å²) in [5, 5.41) is 8.69. The molecule has 4 heteroatoms. The Hall–Kier alpha value is -1.39. The fourth-order valence-corrected chi connectivity index (χ4v) is 1.85. The number of hydrogen-bond donors (Lipinski definition) is 1. The summed E-state index contributed by atoms with van der Waals surface area (Å²) in [6.07, 6.45) is 0.186. The highest BCUT2D eigenvalue weighted by molar-refractivity contribution is 5.66. The molecule has 4 nitrogen and oxygen atoms in total. The largest absolute Gasteiger partial charge is 0.481 e. The van der Waals surface area contributed by atoms with Gasteiger partial charge >= 0.3 is 5.97 Å². The van der Waals surface area contributed by atoms with Crippen LogP contribution in [0.3, 0.4) is 0 Å². The van der Waals surface area contributed by atoms with E-state index in [4.69, 9.17) is 9.84 Å². The second-order valence-corrected chi connectivity index (χ2v) is 4.27. The van der Waals surface area contributed by atoms with Crippen molar-refractivity contribution in [2.45, 2.75) is 26.5 Å². The van der Waals surface area contributed by atoms with Crippen molar-refractivity contribution >= 4 is 5.97 Å². The van der Waals surface area contributed by atoms with Crippen LogP contribution in [0, 0.1) is 0 Å². The van der Waals surface area contributed by atoms with Gasteiger partial charge in [0.1, 0.15) is 0 Å². The third-order valence-corrected chi connectivity index (χ3v) is 2.80. The number of ether oxygens (including phenoxy) is 1. The standard InChI is InChI=1S/C14H21NO3/c1-3-15(8-7-14(16)17)10-12-5-4-6-13(9-12)11-18-2/h4-6,9H,3,7-8,10-11H2,1-2H3,(H,16,17). The normalized spacial score (nSPS) is 10.8. The van der Waals surface area contributed by atoms with E-state index in [1.165, 1.54) is 5.56 Å². The van der Waals surface area contributed by atoms with Crippen LogP contribution in [0.4, 0.5) is 0 Å². The van der Waals surface area contributed by atoms with Gasteiger partial charge in [-0.25, -0.2) is 0 Å². The number of aliphatic carboxylic acids is 1. The number of nitrogens with zero attached hydrogens (tertiary/aromatic N) is 1. The quantitative estimate of drug-likeness (QED) is 0.769. The first-order valence-corrected chi connectivity index (χ1v) is 6.16. The fraction of sp³-hybridized carbons (Fsp3) is 0.500. The van der Waals surface area contributed by atoms with E-state index in [1.807, 2.05) is 19.1 Å². The number of carboxylic acids is 1. The molecule has 0 saturated heterocycles. The molecule has 100 valence electrons. The first kappa shape index (κ1) is 14.7. The summed E-state index contributed by atoms with van der Waals surface area (Å²) in [5.41, 5.74) is 2.33. The molecule has 18 heavy (non-hydrogen) atoms. The molecule has 1 aromatic rings. The lowest BCUT2D eigenvalue weighted by atomic mass is 10.1. The molecule has 0 saturated carbocycles. The van der Waals surface area contributed by atoms with E-state index in [-0.39, 0.29) is 6.42 Å². The predicted molar refractivity (Wildman–Crippen MR) is 70.4 cm³/mol. The van der Waals surface area contributed by atoms with Crippen LogP contribution < -0.4 is 0 Å². The molecule has 0 aliphatic rings. The Bertz CT molecular complexity index is 379. The van der Waals surface area contributed by atoms with Gasteiger partial charge in [-0.15, -0.1) is 0 Å². The van der Waals surface area contributed by atoms with Crippen LogP contribution in [0.1, 0.15) is 24.5 Å². The Kier molecular flexibility index (Phi) is 6.39. The van der Waals surface area contributed by atoms with Crippen LogP contribution in [-0.4, -0.2) is 36.2 Å². The van der Waals surface area contributed by atoms with Crippen molar-refractivity contribution in [3.05, 3.63) is 35.4 Å². The molecule has 0 unspecified atom stereocenters. The first-order chi connectivity index (χ1) is 8.65. The summed E-state index contributed by atoms with van der Waals surface area (Å²) in [5.74, 6) is -0.749. The van der Waals surface area contributed by atoms with Crippen molar-refractivity contribution in [3.8, 4) is 0 Å². The minimum Gasteiger partial charge on any atom is -0.481 e. The summed E-state index contributed by atoms with van der Waals surface area (Å²) in [4.78, 5) is 12.7. The van der Waals surface area contributed by atoms with Crippen molar-refractivity contribution in [1.29, 1.82) is 0 Å². The Labute approximate surface area is 108 Å². The summed E-state index contributed by atoms with van der Waals surface area (Å²) >= 11 is 0. The Morgan fingerprint density at radius 2 is 2.11 bits per heavy atom. The van der Waals surface area contributed by atoms with E-state index in [0.717, 1.165) is 18.7 Å². The predicted octanol–water partition coefficient (Wildman–Crippen LogP) is 2.13. The summed E-state index contributed by atoms with van der Waals surface area (Å²) in [6, 6.07) is 8.20. The van der Waals surface area contributed by atoms with E-state index in [1.54, 1.807) is 7.11 Å². The molecule has 0 aliphatic heterocycles. The molecule has 0 aliphatic carbocycles. The minimum atomic E-state index is -0.749. The van der Waals surface area contributed by atoms with E-state index in [9.17, 15) is 4.79 Å². The maximum Gasteiger partial charge on any atom is 0.304 e. The van der Waals surface area contributed by atoms with Gasteiger partial charge in [-0.2, -0.15) is 0 Å². The van der Waals surface area contributed by atoms with E-state index in [2.05, 4.69) is 17.0 Å². The number of methoxy groups -OCH3 is 1. The zero-order valence-corrected chi connectivity index (χ0v) is 11.1. The zero-order valence-electron chi connectivity index (χ0n) is 11.1. The second-order valence-electron chi connectivity index (χ2n) is 4.27. The fourth-order valence-electron chi connectivity index (χ4n) is 1.85. The minimum absolute atomic E-state index is 0.186. The topological polar surface area (TPSA) is 49.8 Å². The number of carboxylic acid groups (broad SMARTS) is 1. The highest BCUT2D eigenvalue weighted by Gasteiger charge is 2.06. The molecule has 0 bridgehead atoms. The Balaban J connectivity index is 2.57. The molecular formula is C14H21NO3. The molecule has 0 spiro atoms. The summed E-state index contributed by atoms with van der Waals surface area (Å²) < 4.78 is 5.10. The van der Waals surface area contributed by atoms with Gasteiger partial charge in [0.25, 0.3) is 0 Å². The molecule has 0 aromatic heterocycles. The molecule has 0 amide bonds. The van der Waals surface area contributed by atoms with E-state index < -0.39 is 5.97 Å². The van der Waals surface area contributed by atoms with Crippen LogP contribution >= 0.6 is 0 Å². The number of carbonyl (C=O) groups is 1. The van der Waals surface area contributed by atoms with Crippen LogP contribution in [0.5, 0.6) is 0 Å². The highest BCUT2D eigenvalue weighted by atomic mass is 16.5. The van der Waals surface area contributed by atoms with Gasteiger partial charge in [-0.05, 0) is 17.7 Å². The highest BCUT2D eigenvalue weighted by Crippen LogP contribution is 2.09. The van der Waals surface area contributed by atoms with Gasteiger partial charge < -0.3 is 9.84 Å². The molecule has 0 heterocycles. The van der Waals surface area contributed by atoms with Gasteiger partial charge in [-0.3, -0.25) is 9.69 Å². The van der Waals surface area contributed by atoms with Crippen LogP contribution in [-0.2, 0) is 22.7 Å². The maximum atomic E-state index is 10.6. The molecule has 0 radical (unpaired) electrons. The smallest absolute Gasteiger partial charge is 0.304 e. The Morgan fingerprint density at radius 3 is 2.72 bits per heavy atom. The number of hydrogen-bond acceptors (Lipinski definition) is 3. The third kappa shape index (κ3) is 5.29. The molecule has 1 N–H and O–H groups in total. The van der Waals surface area contributed by atoms with Crippen molar-refractivity contribution in [2.75, 3.05) is 20.2 Å². The third-order valence-electron chi connectivity index (χ3n) is 2.80. The first-order valence-electron chi connectivity index (χ1n) is 6.16. The molecule has 1 aromatic carbocycles. The van der Waals surface area contributed by atoms with Gasteiger partial charge in [0.15, 0.2) is 0 Å². The second kappa shape index (κ2) is 7.84. The van der Waals surface area contributed by atoms with Gasteiger partial charge in [0, 0.05) is 20.2 Å². The van der Waals surface area contributed by atoms with Gasteiger partial charge in [0.05, 0.1) is 13.0 Å². The van der Waals surface area contributed by atoms with E-state index in [0.29, 0.717) is 13.2 Å². The number of rotatable bonds is 8. The van der Waals surface area contributed by atoms with Crippen molar-refractivity contribution in [1.82, 2.24) is 4.90 Å². The lowest BCUT2D eigenvalue weighted by Gasteiger charge is -2.19. The van der Waals surface area contributed by atoms with E-state index >= 15 is 0 Å². The van der Waals surface area contributed by atoms with Crippen molar-refractivity contribution in [2.24, 2.45) is 0 Å². The molecular weight excluding hydrogens is 230 g/mol. The lowest BCUT2D eigenvalue weighted by molar-refractivity contribution is -0.137. The summed E-state index contributed by atoms with van der Waals surface area (Å²) in [6.45, 7) is 4.86. The molecule has 1 rings (SSSR count). The van der Waals surface area contributed by atoms with Crippen LogP contribution in [0.2, 0.25) is 0 Å². The van der Waals surface area contributed by atoms with Crippen molar-refractivity contribution < 1.29 is 14.6 Å². The zero-order chi connectivity index (χ0) is 13.4. The van der Waals surface area contributed by atoms with Crippen molar-refractivity contribution in [3.63, 3.8) is 0 Å².